The molecule has 7 nitrogen and oxygen atoms in total. The first-order chi connectivity index (χ1) is 18.1. The topological polar surface area (TPSA) is 65.8 Å². The van der Waals surface area contributed by atoms with Gasteiger partial charge >= 0.3 is 6.18 Å². The van der Waals surface area contributed by atoms with Gasteiger partial charge < -0.3 is 23.7 Å². The number of halogens is 4. The van der Waals surface area contributed by atoms with E-state index in [1.807, 2.05) is 22.9 Å². The molecule has 2 heterocycles. The molecule has 0 bridgehead atoms. The number of alkyl halides is 3. The second-order valence-electron chi connectivity index (χ2n) is 9.09. The van der Waals surface area contributed by atoms with Gasteiger partial charge in [0, 0.05) is 37.9 Å². The lowest BCUT2D eigenvalue weighted by Crippen LogP contribution is -2.39. The Hall–Kier alpha value is -3.76. The summed E-state index contributed by atoms with van der Waals surface area (Å²) in [6.07, 6.45) is 0.0686. The first-order valence-electron chi connectivity index (χ1n) is 12.1. The molecule has 0 N–H and O–H groups in total. The minimum atomic E-state index is -4.77. The summed E-state index contributed by atoms with van der Waals surface area (Å²) in [6, 6.07) is 6.38. The predicted octanol–water partition coefficient (Wildman–Crippen LogP) is 5.06. The summed E-state index contributed by atoms with van der Waals surface area (Å²) >= 11 is 0. The minimum absolute atomic E-state index is 0.125. The maximum Gasteiger partial charge on any atom is 0.419 e. The van der Waals surface area contributed by atoms with Crippen LogP contribution >= 0.6 is 0 Å². The molecule has 4 rings (SSSR count). The van der Waals surface area contributed by atoms with Gasteiger partial charge in [0.25, 0.3) is 0 Å². The normalized spacial score (nSPS) is 14.4. The van der Waals surface area contributed by atoms with Crippen LogP contribution in [0.5, 0.6) is 17.2 Å². The van der Waals surface area contributed by atoms with Crippen LogP contribution in [0.15, 0.2) is 42.7 Å². The molecule has 1 amide bonds. The van der Waals surface area contributed by atoms with E-state index in [0.29, 0.717) is 55.8 Å². The Labute approximate surface area is 217 Å². The Morgan fingerprint density at radius 1 is 1.00 bits per heavy atom. The van der Waals surface area contributed by atoms with E-state index in [9.17, 15) is 22.4 Å². The van der Waals surface area contributed by atoms with E-state index >= 15 is 0 Å². The summed E-state index contributed by atoms with van der Waals surface area (Å²) in [6.45, 7) is 1.48. The van der Waals surface area contributed by atoms with Gasteiger partial charge in [0.15, 0.2) is 11.5 Å². The maximum atomic E-state index is 13.9. The van der Waals surface area contributed by atoms with Crippen molar-refractivity contribution >= 4 is 5.91 Å². The van der Waals surface area contributed by atoms with Crippen molar-refractivity contribution in [2.45, 2.75) is 37.9 Å². The third-order valence-corrected chi connectivity index (χ3v) is 6.73. The lowest BCUT2D eigenvalue weighted by atomic mass is 9.95. The Morgan fingerprint density at radius 2 is 1.66 bits per heavy atom. The van der Waals surface area contributed by atoms with Gasteiger partial charge in [0.1, 0.15) is 11.6 Å². The fourth-order valence-corrected chi connectivity index (χ4v) is 4.81. The average molecular weight is 536 g/mol. The number of methoxy groups -OCH3 is 3. The van der Waals surface area contributed by atoms with Gasteiger partial charge in [-0.1, -0.05) is 6.07 Å². The van der Waals surface area contributed by atoms with E-state index in [1.165, 1.54) is 0 Å². The Bertz CT molecular complexity index is 1260. The number of piperidine rings is 1. The van der Waals surface area contributed by atoms with Crippen molar-refractivity contribution in [2.24, 2.45) is 0 Å². The zero-order valence-corrected chi connectivity index (χ0v) is 21.3. The molecule has 1 saturated heterocycles. The van der Waals surface area contributed by atoms with Crippen LogP contribution in [0.25, 0.3) is 0 Å². The molecule has 1 fully saturated rings. The summed E-state index contributed by atoms with van der Waals surface area (Å²) in [5.74, 6) is 1.03. The van der Waals surface area contributed by atoms with E-state index in [1.54, 1.807) is 32.4 Å². The van der Waals surface area contributed by atoms with Crippen LogP contribution in [0.4, 0.5) is 17.6 Å². The van der Waals surface area contributed by atoms with Crippen LogP contribution in [0.1, 0.15) is 41.3 Å². The number of aromatic nitrogens is 2. The molecule has 3 aromatic rings. The lowest BCUT2D eigenvalue weighted by molar-refractivity contribution is -0.140. The molecule has 0 unspecified atom stereocenters. The molecule has 38 heavy (non-hydrogen) atoms. The smallest absolute Gasteiger partial charge is 0.419 e. The predicted molar refractivity (Wildman–Crippen MR) is 131 cm³/mol. The van der Waals surface area contributed by atoms with E-state index < -0.39 is 17.6 Å². The third kappa shape index (κ3) is 5.87. The maximum absolute atomic E-state index is 13.9. The van der Waals surface area contributed by atoms with Gasteiger partial charge in [-0.05, 0) is 48.2 Å². The summed E-state index contributed by atoms with van der Waals surface area (Å²) in [5.41, 5.74) is -0.185. The molecule has 2 aromatic carbocycles. The number of imidazole rings is 1. The quantitative estimate of drug-likeness (QED) is 0.377. The molecule has 11 heteroatoms. The van der Waals surface area contributed by atoms with Gasteiger partial charge in [0.2, 0.25) is 11.7 Å². The van der Waals surface area contributed by atoms with Crippen LogP contribution in [0.2, 0.25) is 0 Å². The second kappa shape index (κ2) is 11.3. The van der Waals surface area contributed by atoms with Crippen molar-refractivity contribution in [2.75, 3.05) is 34.4 Å². The standard InChI is InChI=1S/C27H29F4N3O4/c1-36-22-13-18(14-23(37-2)25(22)38-3)16-34-11-8-32-26(34)19-6-9-33(10-7-19)24(35)15-17-4-5-20(21(28)12-17)27(29,30)31/h4-5,8,11-14,19H,6-7,9-10,15-16H2,1-3H3. The highest BCUT2D eigenvalue weighted by atomic mass is 19.4. The van der Waals surface area contributed by atoms with Crippen LogP contribution < -0.4 is 14.2 Å². The summed E-state index contributed by atoms with van der Waals surface area (Å²) in [5, 5.41) is 0. The van der Waals surface area contributed by atoms with Crippen LogP contribution in [-0.2, 0) is 23.9 Å². The van der Waals surface area contributed by atoms with E-state index in [-0.39, 0.29) is 23.8 Å². The largest absolute Gasteiger partial charge is 0.493 e. The molecule has 0 saturated carbocycles. The lowest BCUT2D eigenvalue weighted by Gasteiger charge is -2.32. The molecule has 1 aliphatic rings. The Balaban J connectivity index is 1.39. The Kier molecular flexibility index (Phi) is 8.13. The van der Waals surface area contributed by atoms with Crippen molar-refractivity contribution in [3.63, 3.8) is 0 Å². The highest BCUT2D eigenvalue weighted by molar-refractivity contribution is 5.79. The van der Waals surface area contributed by atoms with Gasteiger partial charge in [-0.3, -0.25) is 4.79 Å². The van der Waals surface area contributed by atoms with E-state index in [4.69, 9.17) is 14.2 Å². The zero-order chi connectivity index (χ0) is 27.4. The molecule has 1 aliphatic heterocycles. The number of hydrogen-bond donors (Lipinski definition) is 0. The molecule has 0 atom stereocenters. The van der Waals surface area contributed by atoms with Crippen LogP contribution in [-0.4, -0.2) is 54.8 Å². The summed E-state index contributed by atoms with van der Waals surface area (Å²) < 4.78 is 70.6. The number of amides is 1. The second-order valence-corrected chi connectivity index (χ2v) is 9.09. The van der Waals surface area contributed by atoms with Crippen molar-refractivity contribution in [1.29, 1.82) is 0 Å². The van der Waals surface area contributed by atoms with Crippen molar-refractivity contribution in [3.05, 3.63) is 71.1 Å². The molecule has 0 spiro atoms. The van der Waals surface area contributed by atoms with Gasteiger partial charge in [0.05, 0.1) is 33.3 Å². The number of hydrogen-bond acceptors (Lipinski definition) is 5. The number of nitrogens with zero attached hydrogens (tertiary/aromatic N) is 3. The molecule has 0 radical (unpaired) electrons. The van der Waals surface area contributed by atoms with E-state index in [2.05, 4.69) is 4.98 Å². The first kappa shape index (κ1) is 27.3. The number of likely N-dealkylation sites (tertiary alicyclic amines) is 1. The molecular weight excluding hydrogens is 506 g/mol. The first-order valence-corrected chi connectivity index (χ1v) is 12.1. The molecule has 1 aromatic heterocycles. The van der Waals surface area contributed by atoms with Gasteiger partial charge in [-0.15, -0.1) is 0 Å². The van der Waals surface area contributed by atoms with Gasteiger partial charge in [-0.25, -0.2) is 9.37 Å². The minimum Gasteiger partial charge on any atom is -0.493 e. The number of carbonyl (C=O) groups is 1. The highest BCUT2D eigenvalue weighted by Gasteiger charge is 2.34. The third-order valence-electron chi connectivity index (χ3n) is 6.73. The SMILES string of the molecule is COc1cc(Cn2ccnc2C2CCN(C(=O)Cc3ccc(C(F)(F)F)c(F)c3)CC2)cc(OC)c1OC. The summed E-state index contributed by atoms with van der Waals surface area (Å²) in [4.78, 5) is 19.0. The van der Waals surface area contributed by atoms with Crippen LogP contribution in [0.3, 0.4) is 0 Å². The number of carbonyl (C=O) groups excluding carboxylic acids is 1. The molecule has 204 valence electrons. The number of ether oxygens (including phenoxy) is 3. The monoisotopic (exact) mass is 535 g/mol. The van der Waals surface area contributed by atoms with Crippen molar-refractivity contribution in [3.8, 4) is 17.2 Å². The number of benzene rings is 2. The van der Waals surface area contributed by atoms with E-state index in [0.717, 1.165) is 23.5 Å². The molecule has 0 aliphatic carbocycles. The van der Waals surface area contributed by atoms with Crippen molar-refractivity contribution < 1.29 is 36.6 Å². The molecular formula is C27H29F4N3O4. The highest BCUT2D eigenvalue weighted by Crippen LogP contribution is 2.39. The fourth-order valence-electron chi connectivity index (χ4n) is 4.81. The van der Waals surface area contributed by atoms with Crippen molar-refractivity contribution in [1.82, 2.24) is 14.5 Å². The zero-order valence-electron chi connectivity index (χ0n) is 21.3. The average Bonchev–Trinajstić information content (AvgIpc) is 3.35. The van der Waals surface area contributed by atoms with Gasteiger partial charge in [-0.2, -0.15) is 13.2 Å². The fraction of sp³-hybridized carbons (Fsp3) is 0.407. The summed E-state index contributed by atoms with van der Waals surface area (Å²) in [7, 11) is 4.67. The van der Waals surface area contributed by atoms with Crippen LogP contribution in [0, 0.1) is 5.82 Å². The number of rotatable bonds is 8. The Morgan fingerprint density at radius 3 is 2.21 bits per heavy atom.